The topological polar surface area (TPSA) is 79.3 Å². The number of hydrogen-bond acceptors (Lipinski definition) is 4. The lowest BCUT2D eigenvalue weighted by atomic mass is 10.2. The molecule has 0 aliphatic rings. The molecular weight excluding hydrogens is 216 g/mol. The van der Waals surface area contributed by atoms with Crippen molar-refractivity contribution in [3.63, 3.8) is 0 Å². The van der Waals surface area contributed by atoms with Crippen molar-refractivity contribution in [2.45, 2.75) is 20.8 Å². The number of carbonyl (C=O) groups excluding carboxylic acids is 1. The molecule has 0 bridgehead atoms. The highest BCUT2D eigenvalue weighted by molar-refractivity contribution is 7.11. The predicted octanol–water partition coefficient (Wildman–Crippen LogP) is 1.74. The van der Waals surface area contributed by atoms with Crippen LogP contribution < -0.4 is 5.32 Å². The van der Waals surface area contributed by atoms with Gasteiger partial charge in [-0.25, -0.2) is 4.79 Å². The number of carbonyl (C=O) groups is 2. The molecule has 0 aliphatic heterocycles. The Labute approximate surface area is 91.3 Å². The van der Waals surface area contributed by atoms with Gasteiger partial charge in [0.05, 0.1) is 5.69 Å². The Hall–Kier alpha value is -1.43. The van der Waals surface area contributed by atoms with Crippen LogP contribution in [0, 0.1) is 12.8 Å². The van der Waals surface area contributed by atoms with Gasteiger partial charge in [0.25, 0.3) is 0 Å². The highest BCUT2D eigenvalue weighted by Crippen LogP contribution is 2.24. The van der Waals surface area contributed by atoms with E-state index in [0.717, 1.165) is 11.5 Å². The lowest BCUT2D eigenvalue weighted by Crippen LogP contribution is -2.18. The zero-order valence-corrected chi connectivity index (χ0v) is 9.51. The van der Waals surface area contributed by atoms with Crippen LogP contribution in [0.4, 0.5) is 5.00 Å². The highest BCUT2D eigenvalue weighted by Gasteiger charge is 2.19. The second-order valence-corrected chi connectivity index (χ2v) is 4.19. The van der Waals surface area contributed by atoms with Gasteiger partial charge >= 0.3 is 5.97 Å². The minimum Gasteiger partial charge on any atom is -0.478 e. The van der Waals surface area contributed by atoms with E-state index in [-0.39, 0.29) is 17.4 Å². The van der Waals surface area contributed by atoms with Gasteiger partial charge in [-0.1, -0.05) is 13.8 Å². The fraction of sp³-hybridized carbons (Fsp3) is 0.444. The summed E-state index contributed by atoms with van der Waals surface area (Å²) in [7, 11) is 0. The average molecular weight is 228 g/mol. The number of amides is 1. The summed E-state index contributed by atoms with van der Waals surface area (Å²) in [5.74, 6) is -1.46. The van der Waals surface area contributed by atoms with E-state index in [1.165, 1.54) is 0 Å². The third kappa shape index (κ3) is 2.53. The molecule has 0 saturated heterocycles. The van der Waals surface area contributed by atoms with E-state index >= 15 is 0 Å². The first-order valence-corrected chi connectivity index (χ1v) is 5.21. The van der Waals surface area contributed by atoms with Crippen LogP contribution in [0.5, 0.6) is 0 Å². The van der Waals surface area contributed by atoms with E-state index in [1.807, 2.05) is 0 Å². The smallest absolute Gasteiger partial charge is 0.340 e. The third-order valence-corrected chi connectivity index (χ3v) is 2.69. The molecule has 0 aromatic carbocycles. The minimum absolute atomic E-state index is 0.0778. The number of aromatic carboxylic acids is 1. The molecular formula is C9H12N2O3S. The van der Waals surface area contributed by atoms with Crippen molar-refractivity contribution in [2.75, 3.05) is 5.32 Å². The molecule has 6 heteroatoms. The zero-order valence-electron chi connectivity index (χ0n) is 8.70. The number of hydrogen-bond donors (Lipinski definition) is 2. The lowest BCUT2D eigenvalue weighted by Gasteiger charge is -2.05. The molecule has 0 saturated carbocycles. The normalized spacial score (nSPS) is 10.4. The number of aryl methyl sites for hydroxylation is 1. The number of carboxylic acids is 1. The van der Waals surface area contributed by atoms with Gasteiger partial charge in [0.15, 0.2) is 0 Å². The fourth-order valence-electron chi connectivity index (χ4n) is 0.963. The SMILES string of the molecule is Cc1nsc(NC(=O)C(C)C)c1C(=O)O. The summed E-state index contributed by atoms with van der Waals surface area (Å²) < 4.78 is 3.90. The molecule has 15 heavy (non-hydrogen) atoms. The molecule has 1 aromatic heterocycles. The lowest BCUT2D eigenvalue weighted by molar-refractivity contribution is -0.118. The maximum Gasteiger partial charge on any atom is 0.340 e. The van der Waals surface area contributed by atoms with Crippen LogP contribution in [0.1, 0.15) is 29.9 Å². The van der Waals surface area contributed by atoms with Crippen LogP contribution in [-0.2, 0) is 4.79 Å². The Kier molecular flexibility index (Phi) is 3.41. The Bertz CT molecular complexity index is 398. The monoisotopic (exact) mass is 228 g/mol. The summed E-state index contributed by atoms with van der Waals surface area (Å²) in [5.41, 5.74) is 0.501. The molecule has 1 heterocycles. The number of aromatic nitrogens is 1. The second-order valence-electron chi connectivity index (χ2n) is 3.42. The number of carboxylic acid groups (broad SMARTS) is 1. The molecule has 0 atom stereocenters. The molecule has 0 spiro atoms. The molecule has 1 aromatic rings. The summed E-state index contributed by atoms with van der Waals surface area (Å²) >= 11 is 0.987. The molecule has 5 nitrogen and oxygen atoms in total. The largest absolute Gasteiger partial charge is 0.478 e. The van der Waals surface area contributed by atoms with Crippen molar-refractivity contribution in [1.82, 2.24) is 4.37 Å². The van der Waals surface area contributed by atoms with E-state index in [2.05, 4.69) is 9.69 Å². The first kappa shape index (κ1) is 11.6. The first-order valence-electron chi connectivity index (χ1n) is 4.44. The van der Waals surface area contributed by atoms with E-state index in [4.69, 9.17) is 5.11 Å². The summed E-state index contributed by atoms with van der Waals surface area (Å²) in [6.07, 6.45) is 0. The number of rotatable bonds is 3. The van der Waals surface area contributed by atoms with Gasteiger partial charge in [0, 0.05) is 5.92 Å². The molecule has 82 valence electrons. The van der Waals surface area contributed by atoms with Crippen molar-refractivity contribution < 1.29 is 14.7 Å². The Morgan fingerprint density at radius 1 is 1.47 bits per heavy atom. The fourth-order valence-corrected chi connectivity index (χ4v) is 1.76. The standard InChI is InChI=1S/C9H12N2O3S/c1-4(2)7(12)10-8-6(9(13)14)5(3)11-15-8/h4H,1-3H3,(H,10,12)(H,13,14). The zero-order chi connectivity index (χ0) is 11.6. The van der Waals surface area contributed by atoms with Crippen LogP contribution >= 0.6 is 11.5 Å². The van der Waals surface area contributed by atoms with Crippen molar-refractivity contribution in [2.24, 2.45) is 5.92 Å². The van der Waals surface area contributed by atoms with Gasteiger partial charge in [-0.2, -0.15) is 4.37 Å². The number of anilines is 1. The van der Waals surface area contributed by atoms with Crippen molar-refractivity contribution >= 4 is 28.4 Å². The molecule has 1 rings (SSSR count). The summed E-state index contributed by atoms with van der Waals surface area (Å²) in [6, 6.07) is 0. The van der Waals surface area contributed by atoms with Gasteiger partial charge in [-0.05, 0) is 18.5 Å². The maximum absolute atomic E-state index is 11.4. The maximum atomic E-state index is 11.4. The van der Waals surface area contributed by atoms with E-state index in [9.17, 15) is 9.59 Å². The molecule has 0 aliphatic carbocycles. The molecule has 2 N–H and O–H groups in total. The Balaban J connectivity index is 2.96. The van der Waals surface area contributed by atoms with Crippen molar-refractivity contribution in [3.8, 4) is 0 Å². The van der Waals surface area contributed by atoms with Gasteiger partial charge < -0.3 is 10.4 Å². The number of nitrogens with one attached hydrogen (secondary N) is 1. The molecule has 0 fully saturated rings. The Morgan fingerprint density at radius 2 is 2.07 bits per heavy atom. The highest BCUT2D eigenvalue weighted by atomic mass is 32.1. The van der Waals surface area contributed by atoms with Crippen LogP contribution in [0.3, 0.4) is 0 Å². The number of nitrogens with zero attached hydrogens (tertiary/aromatic N) is 1. The van der Waals surface area contributed by atoms with Gasteiger partial charge in [0.2, 0.25) is 5.91 Å². The first-order chi connectivity index (χ1) is 6.93. The minimum atomic E-state index is -1.07. The second kappa shape index (κ2) is 4.39. The molecule has 0 radical (unpaired) electrons. The van der Waals surface area contributed by atoms with Gasteiger partial charge in [-0.3, -0.25) is 4.79 Å². The molecule has 1 amide bonds. The summed E-state index contributed by atoms with van der Waals surface area (Å²) in [6.45, 7) is 5.08. The van der Waals surface area contributed by atoms with Crippen LogP contribution in [0.15, 0.2) is 0 Å². The Morgan fingerprint density at radius 3 is 2.53 bits per heavy atom. The van der Waals surface area contributed by atoms with Crippen LogP contribution in [0.2, 0.25) is 0 Å². The quantitative estimate of drug-likeness (QED) is 0.825. The third-order valence-electron chi connectivity index (χ3n) is 1.84. The summed E-state index contributed by atoms with van der Waals surface area (Å²) in [4.78, 5) is 22.2. The van der Waals surface area contributed by atoms with E-state index in [1.54, 1.807) is 20.8 Å². The molecule has 0 unspecified atom stereocenters. The van der Waals surface area contributed by atoms with Gasteiger partial charge in [-0.15, -0.1) is 0 Å². The van der Waals surface area contributed by atoms with Crippen LogP contribution in [0.25, 0.3) is 0 Å². The van der Waals surface area contributed by atoms with Crippen molar-refractivity contribution in [3.05, 3.63) is 11.3 Å². The van der Waals surface area contributed by atoms with Crippen molar-refractivity contribution in [1.29, 1.82) is 0 Å². The average Bonchev–Trinajstić information content (AvgIpc) is 2.46. The summed E-state index contributed by atoms with van der Waals surface area (Å²) in [5, 5.41) is 11.8. The van der Waals surface area contributed by atoms with E-state index < -0.39 is 5.97 Å². The van der Waals surface area contributed by atoms with E-state index in [0.29, 0.717) is 10.7 Å². The predicted molar refractivity (Wildman–Crippen MR) is 57.3 cm³/mol. The van der Waals surface area contributed by atoms with Crippen LogP contribution in [-0.4, -0.2) is 21.4 Å². The van der Waals surface area contributed by atoms with Gasteiger partial charge in [0.1, 0.15) is 10.6 Å².